The second-order valence-electron chi connectivity index (χ2n) is 4.69. The van der Waals surface area contributed by atoms with Crippen LogP contribution in [0.1, 0.15) is 65.2 Å². The van der Waals surface area contributed by atoms with Gasteiger partial charge in [0.05, 0.1) is 0 Å². The van der Waals surface area contributed by atoms with E-state index in [-0.39, 0.29) is 0 Å². The molecule has 0 heterocycles. The molecule has 0 saturated heterocycles. The van der Waals surface area contributed by atoms with E-state index in [2.05, 4.69) is 12.2 Å². The molecule has 0 rings (SSSR count). The molecule has 0 aliphatic rings. The lowest BCUT2D eigenvalue weighted by atomic mass is 10.1. The number of aliphatic carboxylic acids is 1. The number of nitrogens with one attached hydrogen (secondary N) is 1. The number of unbranched alkanes of at least 4 members (excludes halogenated alkanes) is 5. The highest BCUT2D eigenvalue weighted by Gasteiger charge is 2.02. The summed E-state index contributed by atoms with van der Waals surface area (Å²) in [4.78, 5) is 10.7. The Balaban J connectivity index is 3.32. The molecule has 0 aromatic carbocycles. The molecule has 0 unspecified atom stereocenters. The summed E-state index contributed by atoms with van der Waals surface area (Å²) in [6.07, 6.45) is 11.1. The predicted octanol–water partition coefficient (Wildman–Crippen LogP) is 3.75. The third kappa shape index (κ3) is 10.3. The van der Waals surface area contributed by atoms with Crippen LogP contribution < -0.4 is 5.32 Å². The van der Waals surface area contributed by atoms with E-state index in [4.69, 9.17) is 5.11 Å². The number of carbonyl (C=O) groups is 1. The Morgan fingerprint density at radius 3 is 2.33 bits per heavy atom. The second-order valence-corrected chi connectivity index (χ2v) is 4.69. The van der Waals surface area contributed by atoms with Gasteiger partial charge in [0.2, 0.25) is 0 Å². The molecule has 2 N–H and O–H groups in total. The van der Waals surface area contributed by atoms with Crippen molar-refractivity contribution in [2.75, 3.05) is 13.1 Å². The molecular formula is C15H29NO2. The molecule has 0 bridgehead atoms. The first-order chi connectivity index (χ1) is 8.72. The lowest BCUT2D eigenvalue weighted by Crippen LogP contribution is -2.16. The molecule has 0 fully saturated rings. The maximum Gasteiger partial charge on any atom is 0.331 e. The number of rotatable bonds is 12. The molecule has 18 heavy (non-hydrogen) atoms. The van der Waals surface area contributed by atoms with Crippen molar-refractivity contribution in [2.45, 2.75) is 65.2 Å². The van der Waals surface area contributed by atoms with Crippen LogP contribution in [0.15, 0.2) is 11.6 Å². The molecule has 0 saturated carbocycles. The molecule has 0 aliphatic carbocycles. The lowest BCUT2D eigenvalue weighted by Gasteiger charge is -2.03. The highest BCUT2D eigenvalue weighted by atomic mass is 16.4. The van der Waals surface area contributed by atoms with Crippen LogP contribution in [0.2, 0.25) is 0 Å². The van der Waals surface area contributed by atoms with Crippen molar-refractivity contribution < 1.29 is 9.90 Å². The first-order valence-corrected chi connectivity index (χ1v) is 7.35. The minimum atomic E-state index is -0.784. The number of carboxylic acids is 1. The van der Waals surface area contributed by atoms with Crippen LogP contribution in [0, 0.1) is 0 Å². The standard InChI is InChI=1S/C15H29NO2/c1-3-5-6-7-8-9-12-16-13-10-11-14(4-2)15(17)18/h11,16H,3-10,12-13H2,1-2H3,(H,17,18). The molecule has 0 aliphatic heterocycles. The largest absolute Gasteiger partial charge is 0.478 e. The molecule has 0 atom stereocenters. The van der Waals surface area contributed by atoms with Crippen molar-refractivity contribution in [3.63, 3.8) is 0 Å². The van der Waals surface area contributed by atoms with Gasteiger partial charge in [-0.05, 0) is 32.4 Å². The van der Waals surface area contributed by atoms with E-state index in [1.165, 1.54) is 38.5 Å². The Bertz CT molecular complexity index is 237. The quantitative estimate of drug-likeness (QED) is 0.412. The van der Waals surface area contributed by atoms with E-state index in [1.807, 2.05) is 13.0 Å². The second kappa shape index (κ2) is 12.6. The lowest BCUT2D eigenvalue weighted by molar-refractivity contribution is -0.132. The van der Waals surface area contributed by atoms with Crippen molar-refractivity contribution >= 4 is 5.97 Å². The summed E-state index contributed by atoms with van der Waals surface area (Å²) in [6, 6.07) is 0. The Kier molecular flexibility index (Phi) is 12.0. The fourth-order valence-electron chi connectivity index (χ4n) is 1.89. The summed E-state index contributed by atoms with van der Waals surface area (Å²) in [5.74, 6) is -0.784. The zero-order valence-corrected chi connectivity index (χ0v) is 12.0. The Hall–Kier alpha value is -0.830. The van der Waals surface area contributed by atoms with Crippen LogP contribution in [-0.2, 0) is 4.79 Å². The van der Waals surface area contributed by atoms with Crippen molar-refractivity contribution in [3.05, 3.63) is 11.6 Å². The fourth-order valence-corrected chi connectivity index (χ4v) is 1.89. The van der Waals surface area contributed by atoms with Gasteiger partial charge in [0.25, 0.3) is 0 Å². The highest BCUT2D eigenvalue weighted by Crippen LogP contribution is 2.04. The molecule has 106 valence electrons. The summed E-state index contributed by atoms with van der Waals surface area (Å²) in [6.45, 7) is 6.04. The summed E-state index contributed by atoms with van der Waals surface area (Å²) in [7, 11) is 0. The normalized spacial score (nSPS) is 11.8. The van der Waals surface area contributed by atoms with E-state index < -0.39 is 5.97 Å². The molecule has 3 nitrogen and oxygen atoms in total. The SMILES string of the molecule is CCCCCCCCNCCC=C(CC)C(=O)O. The predicted molar refractivity (Wildman–Crippen MR) is 76.9 cm³/mol. The van der Waals surface area contributed by atoms with Gasteiger partial charge in [0.15, 0.2) is 0 Å². The van der Waals surface area contributed by atoms with Crippen LogP contribution in [0.25, 0.3) is 0 Å². The number of carboxylic acid groups (broad SMARTS) is 1. The molecular weight excluding hydrogens is 226 g/mol. The maximum absolute atomic E-state index is 10.7. The van der Waals surface area contributed by atoms with E-state index >= 15 is 0 Å². The van der Waals surface area contributed by atoms with Crippen LogP contribution in [-0.4, -0.2) is 24.2 Å². The van der Waals surface area contributed by atoms with Crippen molar-refractivity contribution in [2.24, 2.45) is 0 Å². The van der Waals surface area contributed by atoms with Crippen molar-refractivity contribution in [1.29, 1.82) is 0 Å². The third-order valence-corrected chi connectivity index (χ3v) is 3.07. The van der Waals surface area contributed by atoms with Crippen LogP contribution in [0.4, 0.5) is 0 Å². The molecule has 0 spiro atoms. The Labute approximate surface area is 112 Å². The van der Waals surface area contributed by atoms with E-state index in [9.17, 15) is 4.79 Å². The van der Waals surface area contributed by atoms with Crippen LogP contribution in [0.3, 0.4) is 0 Å². The van der Waals surface area contributed by atoms with E-state index in [1.54, 1.807) is 0 Å². The maximum atomic E-state index is 10.7. The first-order valence-electron chi connectivity index (χ1n) is 7.35. The molecule has 3 heteroatoms. The first kappa shape index (κ1) is 17.2. The summed E-state index contributed by atoms with van der Waals surface area (Å²) < 4.78 is 0. The average Bonchev–Trinajstić information content (AvgIpc) is 2.35. The van der Waals surface area contributed by atoms with Crippen molar-refractivity contribution in [3.8, 4) is 0 Å². The Morgan fingerprint density at radius 2 is 1.72 bits per heavy atom. The van der Waals surface area contributed by atoms with E-state index in [0.717, 1.165) is 19.5 Å². The van der Waals surface area contributed by atoms with Gasteiger partial charge in [-0.3, -0.25) is 0 Å². The van der Waals surface area contributed by atoms with E-state index in [0.29, 0.717) is 12.0 Å². The minimum absolute atomic E-state index is 0.524. The van der Waals surface area contributed by atoms with Gasteiger partial charge in [0, 0.05) is 5.57 Å². The summed E-state index contributed by atoms with van der Waals surface area (Å²) in [5.41, 5.74) is 0.524. The smallest absolute Gasteiger partial charge is 0.331 e. The van der Waals surface area contributed by atoms with Crippen LogP contribution in [0.5, 0.6) is 0 Å². The zero-order chi connectivity index (χ0) is 13.6. The Morgan fingerprint density at radius 1 is 1.06 bits per heavy atom. The molecule has 0 aromatic heterocycles. The summed E-state index contributed by atoms with van der Waals surface area (Å²) >= 11 is 0. The highest BCUT2D eigenvalue weighted by molar-refractivity contribution is 5.86. The zero-order valence-electron chi connectivity index (χ0n) is 12.0. The van der Waals surface area contributed by atoms with Gasteiger partial charge in [-0.2, -0.15) is 0 Å². The third-order valence-electron chi connectivity index (χ3n) is 3.07. The van der Waals surface area contributed by atoms with Gasteiger partial charge >= 0.3 is 5.97 Å². The van der Waals surface area contributed by atoms with Crippen LogP contribution >= 0.6 is 0 Å². The van der Waals surface area contributed by atoms with Gasteiger partial charge in [-0.25, -0.2) is 4.79 Å². The number of hydrogen-bond acceptors (Lipinski definition) is 2. The minimum Gasteiger partial charge on any atom is -0.478 e. The molecule has 0 radical (unpaired) electrons. The van der Waals surface area contributed by atoms with Gasteiger partial charge in [-0.15, -0.1) is 0 Å². The summed E-state index contributed by atoms with van der Waals surface area (Å²) in [5, 5.41) is 12.2. The number of hydrogen-bond donors (Lipinski definition) is 2. The van der Waals surface area contributed by atoms with Gasteiger partial charge in [-0.1, -0.05) is 52.0 Å². The topological polar surface area (TPSA) is 49.3 Å². The monoisotopic (exact) mass is 255 g/mol. The van der Waals surface area contributed by atoms with Crippen molar-refractivity contribution in [1.82, 2.24) is 5.32 Å². The van der Waals surface area contributed by atoms with Gasteiger partial charge < -0.3 is 10.4 Å². The fraction of sp³-hybridized carbons (Fsp3) is 0.800. The molecule has 0 amide bonds. The van der Waals surface area contributed by atoms with Gasteiger partial charge in [0.1, 0.15) is 0 Å². The average molecular weight is 255 g/mol. The molecule has 0 aromatic rings.